The van der Waals surface area contributed by atoms with Crippen molar-refractivity contribution in [3.8, 4) is 11.5 Å². The van der Waals surface area contributed by atoms with Crippen LogP contribution in [0.2, 0.25) is 0 Å². The van der Waals surface area contributed by atoms with E-state index in [-0.39, 0.29) is 6.42 Å². The molecular weight excluding hydrogens is 491 g/mol. The van der Waals surface area contributed by atoms with Crippen molar-refractivity contribution in [1.82, 2.24) is 5.32 Å². The molecule has 10 heteroatoms. The lowest BCUT2D eigenvalue weighted by atomic mass is 10.1. The van der Waals surface area contributed by atoms with E-state index >= 15 is 0 Å². The van der Waals surface area contributed by atoms with Crippen molar-refractivity contribution in [2.75, 3.05) is 13.2 Å². The molecule has 0 amide bonds. The quantitative estimate of drug-likeness (QED) is 0.287. The fourth-order valence-corrected chi connectivity index (χ4v) is 2.95. The summed E-state index contributed by atoms with van der Waals surface area (Å²) in [4.78, 5) is 19.4. The summed E-state index contributed by atoms with van der Waals surface area (Å²) >= 11 is 0. The van der Waals surface area contributed by atoms with E-state index in [1.165, 1.54) is 5.56 Å². The Morgan fingerprint density at radius 3 is 2.05 bits per heavy atom. The SMILES string of the molecule is O=C(O)C(F)(F)F.O=C(O)CCNCc1cccc(OCCc2ccc(OCc3ccccc3)cc2)c1. The molecule has 0 bridgehead atoms. The van der Waals surface area contributed by atoms with Gasteiger partial charge in [-0.1, -0.05) is 54.6 Å². The van der Waals surface area contributed by atoms with Gasteiger partial charge in [-0.15, -0.1) is 0 Å². The zero-order valence-corrected chi connectivity index (χ0v) is 19.9. The number of benzene rings is 3. The van der Waals surface area contributed by atoms with Gasteiger partial charge in [0.2, 0.25) is 0 Å². The van der Waals surface area contributed by atoms with Gasteiger partial charge in [-0.25, -0.2) is 4.79 Å². The van der Waals surface area contributed by atoms with Gasteiger partial charge in [0, 0.05) is 19.5 Å². The van der Waals surface area contributed by atoms with E-state index in [1.807, 2.05) is 66.7 Å². The average molecular weight is 520 g/mol. The second-order valence-electron chi connectivity index (χ2n) is 7.79. The Labute approximate surface area is 212 Å². The minimum Gasteiger partial charge on any atom is -0.493 e. The molecule has 0 aromatic heterocycles. The van der Waals surface area contributed by atoms with E-state index in [4.69, 9.17) is 24.5 Å². The Morgan fingerprint density at radius 2 is 1.43 bits per heavy atom. The number of hydrogen-bond acceptors (Lipinski definition) is 5. The van der Waals surface area contributed by atoms with Crippen LogP contribution in [0.3, 0.4) is 0 Å². The molecular formula is C27H28F3NO6. The van der Waals surface area contributed by atoms with E-state index in [9.17, 15) is 18.0 Å². The van der Waals surface area contributed by atoms with E-state index in [0.717, 1.165) is 29.0 Å². The summed E-state index contributed by atoms with van der Waals surface area (Å²) in [6.45, 7) is 2.21. The molecule has 0 spiro atoms. The number of carbonyl (C=O) groups is 2. The van der Waals surface area contributed by atoms with Gasteiger partial charge in [0.25, 0.3) is 0 Å². The molecule has 3 N–H and O–H groups in total. The predicted octanol–water partition coefficient (Wildman–Crippen LogP) is 5.08. The van der Waals surface area contributed by atoms with Crippen molar-refractivity contribution in [2.24, 2.45) is 0 Å². The van der Waals surface area contributed by atoms with Crippen molar-refractivity contribution in [3.63, 3.8) is 0 Å². The molecule has 0 saturated carbocycles. The molecule has 0 aliphatic carbocycles. The third-order valence-corrected chi connectivity index (χ3v) is 4.82. The molecule has 0 atom stereocenters. The Balaban J connectivity index is 0.000000604. The lowest BCUT2D eigenvalue weighted by molar-refractivity contribution is -0.192. The fourth-order valence-electron chi connectivity index (χ4n) is 2.95. The zero-order valence-electron chi connectivity index (χ0n) is 19.9. The first kappa shape index (κ1) is 29.2. The molecule has 7 nitrogen and oxygen atoms in total. The summed E-state index contributed by atoms with van der Waals surface area (Å²) in [6, 6.07) is 26.1. The van der Waals surface area contributed by atoms with Crippen LogP contribution in [0, 0.1) is 0 Å². The molecule has 0 unspecified atom stereocenters. The van der Waals surface area contributed by atoms with E-state index in [1.54, 1.807) is 0 Å². The van der Waals surface area contributed by atoms with Crippen molar-refractivity contribution in [2.45, 2.75) is 32.2 Å². The van der Waals surface area contributed by atoms with Gasteiger partial charge in [0.1, 0.15) is 18.1 Å². The molecule has 3 rings (SSSR count). The highest BCUT2D eigenvalue weighted by molar-refractivity contribution is 5.73. The Hall–Kier alpha value is -4.05. The highest BCUT2D eigenvalue weighted by Gasteiger charge is 2.38. The maximum atomic E-state index is 10.6. The molecule has 0 aliphatic rings. The molecule has 0 aliphatic heterocycles. The molecule has 0 radical (unpaired) electrons. The second kappa shape index (κ2) is 15.1. The average Bonchev–Trinajstić information content (AvgIpc) is 2.87. The number of alkyl halides is 3. The van der Waals surface area contributed by atoms with Gasteiger partial charge in [-0.3, -0.25) is 4.79 Å². The van der Waals surface area contributed by atoms with E-state index in [0.29, 0.717) is 26.3 Å². The number of hydrogen-bond donors (Lipinski definition) is 3. The first-order valence-electron chi connectivity index (χ1n) is 11.3. The first-order valence-corrected chi connectivity index (χ1v) is 11.3. The van der Waals surface area contributed by atoms with Gasteiger partial charge in [0.05, 0.1) is 13.0 Å². The lowest BCUT2D eigenvalue weighted by Gasteiger charge is -2.10. The van der Waals surface area contributed by atoms with Crippen LogP contribution < -0.4 is 14.8 Å². The summed E-state index contributed by atoms with van der Waals surface area (Å²) in [5.41, 5.74) is 3.40. The standard InChI is InChI=1S/C25H27NO4.C2HF3O2/c27-25(28)13-15-26-18-22-7-4-8-24(17-22)29-16-14-20-9-11-23(12-10-20)30-19-21-5-2-1-3-6-21;3-2(4,5)1(6)7/h1-12,17,26H,13-16,18-19H2,(H,27,28);(H,6,7). The van der Waals surface area contributed by atoms with Crippen molar-refractivity contribution >= 4 is 11.9 Å². The highest BCUT2D eigenvalue weighted by Crippen LogP contribution is 2.17. The number of nitrogens with one attached hydrogen (secondary N) is 1. The van der Waals surface area contributed by atoms with Crippen LogP contribution >= 0.6 is 0 Å². The van der Waals surface area contributed by atoms with Gasteiger partial charge >= 0.3 is 18.1 Å². The molecule has 3 aromatic rings. The van der Waals surface area contributed by atoms with Crippen LogP contribution in [0.15, 0.2) is 78.9 Å². The summed E-state index contributed by atoms with van der Waals surface area (Å²) in [6.07, 6.45) is -4.16. The molecule has 0 saturated heterocycles. The summed E-state index contributed by atoms with van der Waals surface area (Å²) in [7, 11) is 0. The number of ether oxygens (including phenoxy) is 2. The Kier molecular flexibility index (Phi) is 11.9. The van der Waals surface area contributed by atoms with Crippen LogP contribution in [0.25, 0.3) is 0 Å². The van der Waals surface area contributed by atoms with Crippen LogP contribution in [-0.4, -0.2) is 41.5 Å². The van der Waals surface area contributed by atoms with E-state index in [2.05, 4.69) is 17.4 Å². The largest absolute Gasteiger partial charge is 0.493 e. The lowest BCUT2D eigenvalue weighted by Crippen LogP contribution is -2.21. The molecule has 37 heavy (non-hydrogen) atoms. The zero-order chi connectivity index (χ0) is 27.1. The van der Waals surface area contributed by atoms with Gasteiger partial charge < -0.3 is 25.0 Å². The third-order valence-electron chi connectivity index (χ3n) is 4.82. The summed E-state index contributed by atoms with van der Waals surface area (Å²) < 4.78 is 43.4. The van der Waals surface area contributed by atoms with Gasteiger partial charge in [-0.05, 0) is 41.0 Å². The minimum absolute atomic E-state index is 0.117. The fraction of sp³-hybridized carbons (Fsp3) is 0.259. The highest BCUT2D eigenvalue weighted by atomic mass is 19.4. The number of carboxylic acids is 2. The molecule has 198 valence electrons. The van der Waals surface area contributed by atoms with Crippen LogP contribution in [-0.2, 0) is 29.2 Å². The second-order valence-corrected chi connectivity index (χ2v) is 7.79. The maximum absolute atomic E-state index is 10.6. The van der Waals surface area contributed by atoms with Gasteiger partial charge in [-0.2, -0.15) is 13.2 Å². The van der Waals surface area contributed by atoms with Crippen LogP contribution in [0.4, 0.5) is 13.2 Å². The van der Waals surface area contributed by atoms with Crippen LogP contribution in [0.5, 0.6) is 11.5 Å². The van der Waals surface area contributed by atoms with Gasteiger partial charge in [0.15, 0.2) is 0 Å². The molecule has 0 heterocycles. The van der Waals surface area contributed by atoms with E-state index < -0.39 is 18.1 Å². The maximum Gasteiger partial charge on any atom is 0.490 e. The van der Waals surface area contributed by atoms with Crippen molar-refractivity contribution in [1.29, 1.82) is 0 Å². The molecule has 3 aromatic carbocycles. The predicted molar refractivity (Wildman–Crippen MR) is 131 cm³/mol. The van der Waals surface area contributed by atoms with Crippen molar-refractivity contribution in [3.05, 3.63) is 95.6 Å². The Morgan fingerprint density at radius 1 is 0.784 bits per heavy atom. The summed E-state index contributed by atoms with van der Waals surface area (Å²) in [5, 5.41) is 18.9. The normalized spacial score (nSPS) is 10.7. The molecule has 0 fully saturated rings. The first-order chi connectivity index (χ1) is 17.6. The smallest absolute Gasteiger partial charge is 0.490 e. The Bertz CT molecular complexity index is 1110. The summed E-state index contributed by atoms with van der Waals surface area (Å²) in [5.74, 6) is -1.88. The monoisotopic (exact) mass is 519 g/mol. The topological polar surface area (TPSA) is 105 Å². The third kappa shape index (κ3) is 12.5. The van der Waals surface area contributed by atoms with Crippen LogP contribution in [0.1, 0.15) is 23.1 Å². The number of rotatable bonds is 12. The van der Waals surface area contributed by atoms with Crippen molar-refractivity contribution < 1.29 is 42.4 Å². The number of carboxylic acid groups (broad SMARTS) is 2. The number of aliphatic carboxylic acids is 2. The minimum atomic E-state index is -5.08. The number of halogens is 3.